The van der Waals surface area contributed by atoms with Gasteiger partial charge in [0, 0.05) is 44.3 Å². The number of hydrogen-bond donors (Lipinski definition) is 0. The molecule has 0 atom stereocenters. The maximum atomic E-state index is 6.69. The third-order valence-corrected chi connectivity index (χ3v) is 11.2. The molecule has 0 fully saturated rings. The van der Waals surface area contributed by atoms with Crippen LogP contribution in [0.4, 0.5) is 0 Å². The van der Waals surface area contributed by atoms with E-state index in [2.05, 4.69) is 174 Å². The van der Waals surface area contributed by atoms with Crippen LogP contribution in [0.25, 0.3) is 61.7 Å². The van der Waals surface area contributed by atoms with Gasteiger partial charge in [-0.3, -0.25) is 0 Å². The Morgan fingerprint density at radius 2 is 0.825 bits per heavy atom. The van der Waals surface area contributed by atoms with Gasteiger partial charge >= 0.3 is 0 Å². The normalized spacial score (nSPS) is 12.8. The van der Waals surface area contributed by atoms with Crippen LogP contribution >= 0.6 is 0 Å². The average molecular weight is 731 g/mol. The number of benzene rings is 8. The standard InChI is InChI=1S/C52H34N4O/c1-4-16-35(17-5-1)49-53-50(36-28-31-40(32-29-36)56-45-25-13-10-22-41(45)42-23-11-14-26-46(42)56)55-51(54-49)37-30-33-48-44(34-37)52(38-18-6-2-7-19-38,39-20-8-3-9-21-39)43-24-12-15-27-47(43)57-48/h1-34H. The maximum absolute atomic E-state index is 6.69. The zero-order chi connectivity index (χ0) is 37.8. The molecule has 10 aromatic rings. The van der Waals surface area contributed by atoms with E-state index < -0.39 is 5.41 Å². The minimum Gasteiger partial charge on any atom is -0.457 e. The fourth-order valence-electron chi connectivity index (χ4n) is 8.66. The summed E-state index contributed by atoms with van der Waals surface area (Å²) >= 11 is 0. The lowest BCUT2D eigenvalue weighted by Crippen LogP contribution is -2.34. The maximum Gasteiger partial charge on any atom is 0.164 e. The van der Waals surface area contributed by atoms with E-state index in [9.17, 15) is 0 Å². The lowest BCUT2D eigenvalue weighted by atomic mass is 9.63. The summed E-state index contributed by atoms with van der Waals surface area (Å²) < 4.78 is 9.01. The van der Waals surface area contributed by atoms with E-state index in [0.29, 0.717) is 17.5 Å². The Morgan fingerprint density at radius 1 is 0.368 bits per heavy atom. The molecule has 8 aromatic carbocycles. The number of fused-ring (bicyclic) bond motifs is 5. The summed E-state index contributed by atoms with van der Waals surface area (Å²) in [4.78, 5) is 15.4. The van der Waals surface area contributed by atoms with Gasteiger partial charge in [-0.05, 0) is 71.8 Å². The molecular formula is C52H34N4O. The Bertz CT molecular complexity index is 2990. The molecule has 1 aliphatic rings. The van der Waals surface area contributed by atoms with Crippen LogP contribution in [0.15, 0.2) is 206 Å². The predicted molar refractivity (Wildman–Crippen MR) is 229 cm³/mol. The van der Waals surface area contributed by atoms with Crippen LogP contribution in [0.5, 0.6) is 11.5 Å². The summed E-state index contributed by atoms with van der Waals surface area (Å²) in [7, 11) is 0. The third kappa shape index (κ3) is 5.28. The molecule has 5 nitrogen and oxygen atoms in total. The van der Waals surface area contributed by atoms with Crippen LogP contribution in [0.3, 0.4) is 0 Å². The first-order chi connectivity index (χ1) is 28.3. The highest BCUT2D eigenvalue weighted by molar-refractivity contribution is 6.09. The predicted octanol–water partition coefficient (Wildman–Crippen LogP) is 12.5. The summed E-state index contributed by atoms with van der Waals surface area (Å²) in [5.41, 5.74) is 9.83. The Kier molecular flexibility index (Phi) is 7.64. The van der Waals surface area contributed by atoms with Crippen LogP contribution in [0, 0.1) is 0 Å². The first-order valence-electron chi connectivity index (χ1n) is 19.2. The summed E-state index contributed by atoms with van der Waals surface area (Å²) in [5, 5.41) is 2.46. The highest BCUT2D eigenvalue weighted by Crippen LogP contribution is 2.55. The second kappa shape index (κ2) is 13.3. The molecule has 0 radical (unpaired) electrons. The molecule has 0 spiro atoms. The molecular weight excluding hydrogens is 697 g/mol. The Balaban J connectivity index is 1.09. The van der Waals surface area contributed by atoms with E-state index in [4.69, 9.17) is 19.7 Å². The number of rotatable bonds is 6. The fraction of sp³-hybridized carbons (Fsp3) is 0.0192. The Morgan fingerprint density at radius 3 is 1.44 bits per heavy atom. The second-order valence-corrected chi connectivity index (χ2v) is 14.4. The zero-order valence-corrected chi connectivity index (χ0v) is 30.8. The molecule has 2 aromatic heterocycles. The minimum absolute atomic E-state index is 0.585. The Hall–Kier alpha value is -7.63. The molecule has 3 heterocycles. The van der Waals surface area contributed by atoms with Gasteiger partial charge in [-0.25, -0.2) is 15.0 Å². The van der Waals surface area contributed by atoms with Gasteiger partial charge in [0.05, 0.1) is 16.4 Å². The lowest BCUT2D eigenvalue weighted by Gasteiger charge is -2.41. The summed E-state index contributed by atoms with van der Waals surface area (Å²) in [6.07, 6.45) is 0. The van der Waals surface area contributed by atoms with Crippen LogP contribution in [0.2, 0.25) is 0 Å². The van der Waals surface area contributed by atoms with Gasteiger partial charge in [-0.15, -0.1) is 0 Å². The third-order valence-electron chi connectivity index (χ3n) is 11.2. The highest BCUT2D eigenvalue weighted by Gasteiger charge is 2.45. The van der Waals surface area contributed by atoms with E-state index >= 15 is 0 Å². The molecule has 268 valence electrons. The topological polar surface area (TPSA) is 52.8 Å². The van der Waals surface area contributed by atoms with E-state index in [-0.39, 0.29) is 0 Å². The van der Waals surface area contributed by atoms with Gasteiger partial charge in [0.25, 0.3) is 0 Å². The molecule has 0 aliphatic carbocycles. The van der Waals surface area contributed by atoms with Crippen molar-refractivity contribution in [3.8, 4) is 51.3 Å². The second-order valence-electron chi connectivity index (χ2n) is 14.4. The summed E-state index contributed by atoms with van der Waals surface area (Å²) in [6.45, 7) is 0. The summed E-state index contributed by atoms with van der Waals surface area (Å²) in [6, 6.07) is 71.9. The number of hydrogen-bond acceptors (Lipinski definition) is 4. The van der Waals surface area contributed by atoms with Gasteiger partial charge in [-0.2, -0.15) is 0 Å². The molecule has 1 aliphatic heterocycles. The lowest BCUT2D eigenvalue weighted by molar-refractivity contribution is 0.434. The van der Waals surface area contributed by atoms with E-state index in [1.54, 1.807) is 0 Å². The monoisotopic (exact) mass is 730 g/mol. The first-order valence-corrected chi connectivity index (χ1v) is 19.2. The largest absolute Gasteiger partial charge is 0.457 e. The van der Waals surface area contributed by atoms with E-state index in [0.717, 1.165) is 56.1 Å². The minimum atomic E-state index is -0.663. The van der Waals surface area contributed by atoms with Crippen molar-refractivity contribution in [3.05, 3.63) is 229 Å². The smallest absolute Gasteiger partial charge is 0.164 e. The Labute approximate surface area is 330 Å². The van der Waals surface area contributed by atoms with Crippen molar-refractivity contribution in [2.75, 3.05) is 0 Å². The quantitative estimate of drug-likeness (QED) is 0.171. The zero-order valence-electron chi connectivity index (χ0n) is 30.8. The van der Waals surface area contributed by atoms with E-state index in [1.807, 2.05) is 36.4 Å². The molecule has 5 heteroatoms. The van der Waals surface area contributed by atoms with Crippen molar-refractivity contribution >= 4 is 21.8 Å². The molecule has 0 saturated heterocycles. The van der Waals surface area contributed by atoms with E-state index in [1.165, 1.54) is 21.8 Å². The number of para-hydroxylation sites is 3. The van der Waals surface area contributed by atoms with Gasteiger partial charge in [0.1, 0.15) is 11.5 Å². The number of ether oxygens (including phenoxy) is 1. The SMILES string of the molecule is c1ccc(-c2nc(-c3ccc(-n4c5ccccc5c5ccccc54)cc3)nc(-c3ccc4c(c3)C(c3ccccc3)(c3ccccc3)c3ccccc3O4)n2)cc1. The van der Waals surface area contributed by atoms with Crippen LogP contribution < -0.4 is 4.74 Å². The van der Waals surface area contributed by atoms with Crippen molar-refractivity contribution in [1.29, 1.82) is 0 Å². The number of nitrogens with zero attached hydrogens (tertiary/aromatic N) is 4. The molecule has 57 heavy (non-hydrogen) atoms. The number of aromatic nitrogens is 4. The molecule has 0 N–H and O–H groups in total. The molecule has 0 bridgehead atoms. The molecule has 11 rings (SSSR count). The van der Waals surface area contributed by atoms with Crippen molar-refractivity contribution in [1.82, 2.24) is 19.5 Å². The average Bonchev–Trinajstić information content (AvgIpc) is 3.63. The first kappa shape index (κ1) is 32.8. The van der Waals surface area contributed by atoms with Gasteiger partial charge in [0.2, 0.25) is 0 Å². The molecule has 0 saturated carbocycles. The van der Waals surface area contributed by atoms with Crippen LogP contribution in [0.1, 0.15) is 22.3 Å². The van der Waals surface area contributed by atoms with Crippen LogP contribution in [-0.2, 0) is 5.41 Å². The van der Waals surface area contributed by atoms with Crippen molar-refractivity contribution in [3.63, 3.8) is 0 Å². The van der Waals surface area contributed by atoms with Crippen molar-refractivity contribution in [2.45, 2.75) is 5.41 Å². The van der Waals surface area contributed by atoms with Crippen molar-refractivity contribution in [2.24, 2.45) is 0 Å². The fourth-order valence-corrected chi connectivity index (χ4v) is 8.66. The van der Waals surface area contributed by atoms with Gasteiger partial charge in [-0.1, -0.05) is 146 Å². The van der Waals surface area contributed by atoms with Crippen molar-refractivity contribution < 1.29 is 4.74 Å². The molecule has 0 amide bonds. The highest BCUT2D eigenvalue weighted by atomic mass is 16.5. The van der Waals surface area contributed by atoms with Crippen LogP contribution in [-0.4, -0.2) is 19.5 Å². The summed E-state index contributed by atoms with van der Waals surface area (Å²) in [5.74, 6) is 3.43. The van der Waals surface area contributed by atoms with Gasteiger partial charge < -0.3 is 9.30 Å². The van der Waals surface area contributed by atoms with Gasteiger partial charge in [0.15, 0.2) is 17.5 Å². The molecule has 0 unspecified atom stereocenters.